The zero-order chi connectivity index (χ0) is 22.9. The standard InChI is InChI=1S/C23H26N6O2S2.ClH/c30-20(28-18-5-1-16(2-6-18)22-24-9-10-25-22)13-32-15-33-14-21(31)29-19-7-3-17(4-8-19)23-26-11-12-27-23;/h1-8H,9-15H2,(H,24,25)(H,26,27)(H,28,30)(H,29,31);1H. The third-order valence-corrected chi connectivity index (χ3v) is 7.13. The van der Waals surface area contributed by atoms with Crippen molar-refractivity contribution < 1.29 is 9.59 Å². The van der Waals surface area contributed by atoms with Gasteiger partial charge in [-0.1, -0.05) is 0 Å². The van der Waals surface area contributed by atoms with Crippen LogP contribution in [0.15, 0.2) is 58.5 Å². The molecule has 4 N–H and O–H groups in total. The van der Waals surface area contributed by atoms with Crippen LogP contribution in [0.1, 0.15) is 11.1 Å². The van der Waals surface area contributed by atoms with E-state index in [9.17, 15) is 9.59 Å². The van der Waals surface area contributed by atoms with Crippen LogP contribution in [-0.2, 0) is 9.59 Å². The molecular formula is C23H27ClN6O2S2. The number of benzene rings is 2. The summed E-state index contributed by atoms with van der Waals surface area (Å²) >= 11 is 2.98. The van der Waals surface area contributed by atoms with E-state index >= 15 is 0 Å². The van der Waals surface area contributed by atoms with Gasteiger partial charge in [-0.3, -0.25) is 19.6 Å². The number of anilines is 2. The summed E-state index contributed by atoms with van der Waals surface area (Å²) in [7, 11) is 0. The van der Waals surface area contributed by atoms with Gasteiger partial charge < -0.3 is 21.3 Å². The number of hydrogen-bond acceptors (Lipinski definition) is 8. The topological polar surface area (TPSA) is 107 Å². The van der Waals surface area contributed by atoms with Crippen LogP contribution in [-0.4, -0.2) is 66.3 Å². The van der Waals surface area contributed by atoms with Crippen LogP contribution in [0, 0.1) is 0 Å². The zero-order valence-electron chi connectivity index (χ0n) is 18.5. The molecule has 180 valence electrons. The number of aliphatic imine (C=N–C) groups is 2. The number of nitrogens with zero attached hydrogens (tertiary/aromatic N) is 2. The third kappa shape index (κ3) is 7.68. The van der Waals surface area contributed by atoms with Crippen LogP contribution in [0.2, 0.25) is 0 Å². The maximum absolute atomic E-state index is 12.1. The van der Waals surface area contributed by atoms with Crippen LogP contribution >= 0.6 is 35.9 Å². The van der Waals surface area contributed by atoms with E-state index in [2.05, 4.69) is 31.3 Å². The number of carbonyl (C=O) groups is 2. The minimum absolute atomic E-state index is 0. The molecule has 0 radical (unpaired) electrons. The average molecular weight is 519 g/mol. The summed E-state index contributed by atoms with van der Waals surface area (Å²) in [5.74, 6) is 2.36. The highest BCUT2D eigenvalue weighted by Crippen LogP contribution is 2.16. The van der Waals surface area contributed by atoms with Gasteiger partial charge in [-0.15, -0.1) is 35.9 Å². The summed E-state index contributed by atoms with van der Waals surface area (Å²) in [4.78, 5) is 33.1. The molecule has 2 aliphatic rings. The molecule has 0 unspecified atom stereocenters. The van der Waals surface area contributed by atoms with Crippen molar-refractivity contribution in [3.05, 3.63) is 59.7 Å². The Labute approximate surface area is 213 Å². The lowest BCUT2D eigenvalue weighted by Gasteiger charge is -2.08. The Kier molecular flexibility index (Phi) is 10.1. The lowest BCUT2D eigenvalue weighted by molar-refractivity contribution is -0.114. The molecule has 0 bridgehead atoms. The van der Waals surface area contributed by atoms with Crippen molar-refractivity contribution in [1.82, 2.24) is 10.6 Å². The van der Waals surface area contributed by atoms with Crippen molar-refractivity contribution in [2.45, 2.75) is 0 Å². The molecule has 34 heavy (non-hydrogen) atoms. The lowest BCUT2D eigenvalue weighted by atomic mass is 10.2. The van der Waals surface area contributed by atoms with Gasteiger partial charge in [0.05, 0.1) is 24.6 Å². The second kappa shape index (κ2) is 13.3. The molecule has 8 nitrogen and oxygen atoms in total. The number of carbonyl (C=O) groups excluding carboxylic acids is 2. The average Bonchev–Trinajstić information content (AvgIpc) is 3.55. The Hall–Kier alpha value is -2.69. The minimum Gasteiger partial charge on any atom is -0.368 e. The van der Waals surface area contributed by atoms with Crippen molar-refractivity contribution in [2.75, 3.05) is 53.4 Å². The first-order valence-corrected chi connectivity index (χ1v) is 13.0. The first kappa shape index (κ1) is 25.9. The number of thioether (sulfide) groups is 2. The van der Waals surface area contributed by atoms with Crippen molar-refractivity contribution in [3.8, 4) is 0 Å². The molecular weight excluding hydrogens is 492 g/mol. The fourth-order valence-corrected chi connectivity index (χ4v) is 4.98. The first-order chi connectivity index (χ1) is 16.2. The van der Waals surface area contributed by atoms with Crippen LogP contribution in [0.25, 0.3) is 0 Å². The number of nitrogens with one attached hydrogen (secondary N) is 4. The molecule has 11 heteroatoms. The van der Waals surface area contributed by atoms with E-state index in [1.165, 1.54) is 23.5 Å². The van der Waals surface area contributed by atoms with Crippen molar-refractivity contribution in [1.29, 1.82) is 0 Å². The zero-order valence-corrected chi connectivity index (χ0v) is 21.0. The van der Waals surface area contributed by atoms with Gasteiger partial charge in [-0.25, -0.2) is 0 Å². The third-order valence-electron chi connectivity index (χ3n) is 4.87. The Morgan fingerprint density at radius 3 is 1.50 bits per heavy atom. The Morgan fingerprint density at radius 1 is 0.735 bits per heavy atom. The predicted molar refractivity (Wildman–Crippen MR) is 146 cm³/mol. The predicted octanol–water partition coefficient (Wildman–Crippen LogP) is 2.81. The number of amidine groups is 2. The largest absolute Gasteiger partial charge is 0.368 e. The molecule has 2 amide bonds. The second-order valence-corrected chi connectivity index (χ2v) is 9.72. The fraction of sp³-hybridized carbons (Fsp3) is 0.304. The van der Waals surface area contributed by atoms with E-state index in [1.807, 2.05) is 48.5 Å². The molecule has 0 atom stereocenters. The summed E-state index contributed by atoms with van der Waals surface area (Å²) in [6, 6.07) is 15.3. The van der Waals surface area contributed by atoms with E-state index in [1.54, 1.807) is 0 Å². The van der Waals surface area contributed by atoms with Gasteiger partial charge in [0.25, 0.3) is 0 Å². The Bertz CT molecular complexity index is 961. The van der Waals surface area contributed by atoms with Crippen molar-refractivity contribution >= 4 is 70.8 Å². The monoisotopic (exact) mass is 518 g/mol. The van der Waals surface area contributed by atoms with E-state index in [4.69, 9.17) is 0 Å². The number of halogens is 1. The highest BCUT2D eigenvalue weighted by atomic mass is 35.5. The summed E-state index contributed by atoms with van der Waals surface area (Å²) < 4.78 is 0. The smallest absolute Gasteiger partial charge is 0.234 e. The number of amides is 2. The quantitative estimate of drug-likeness (QED) is 0.284. The molecule has 2 aliphatic heterocycles. The Morgan fingerprint density at radius 2 is 1.15 bits per heavy atom. The summed E-state index contributed by atoms with van der Waals surface area (Å²) in [6.07, 6.45) is 0. The van der Waals surface area contributed by atoms with E-state index < -0.39 is 0 Å². The lowest BCUT2D eigenvalue weighted by Crippen LogP contribution is -2.19. The second-order valence-electron chi connectivity index (χ2n) is 7.38. The van der Waals surface area contributed by atoms with Gasteiger partial charge >= 0.3 is 0 Å². The Balaban J connectivity index is 0.00000324. The number of hydrogen-bond donors (Lipinski definition) is 4. The van der Waals surface area contributed by atoms with Gasteiger partial charge in [-0.05, 0) is 48.5 Å². The SMILES string of the molecule is Cl.O=C(CSCSCC(=O)Nc1ccc(C2=NCCN2)cc1)Nc1ccc(C2=NCCN2)cc1. The molecule has 2 aromatic rings. The van der Waals surface area contributed by atoms with Crippen LogP contribution in [0.3, 0.4) is 0 Å². The number of rotatable bonds is 10. The van der Waals surface area contributed by atoms with E-state index in [-0.39, 0.29) is 24.2 Å². The van der Waals surface area contributed by atoms with Gasteiger partial charge in [0.15, 0.2) is 0 Å². The van der Waals surface area contributed by atoms with Gasteiger partial charge in [0.1, 0.15) is 11.7 Å². The van der Waals surface area contributed by atoms with E-state index in [0.717, 1.165) is 60.4 Å². The van der Waals surface area contributed by atoms with Gasteiger partial charge in [0.2, 0.25) is 11.8 Å². The molecule has 0 saturated carbocycles. The van der Waals surface area contributed by atoms with Crippen LogP contribution in [0.4, 0.5) is 11.4 Å². The first-order valence-electron chi connectivity index (χ1n) is 10.7. The highest BCUT2D eigenvalue weighted by Gasteiger charge is 2.10. The summed E-state index contributed by atoms with van der Waals surface area (Å²) in [6.45, 7) is 3.33. The van der Waals surface area contributed by atoms with Crippen molar-refractivity contribution in [3.63, 3.8) is 0 Å². The summed E-state index contributed by atoms with van der Waals surface area (Å²) in [5, 5.41) is 12.9. The molecule has 2 aromatic carbocycles. The maximum Gasteiger partial charge on any atom is 0.234 e. The normalized spacial score (nSPS) is 14.2. The fourth-order valence-electron chi connectivity index (χ4n) is 3.33. The highest BCUT2D eigenvalue weighted by molar-refractivity contribution is 8.16. The van der Waals surface area contributed by atoms with Crippen molar-refractivity contribution in [2.24, 2.45) is 9.98 Å². The molecule has 4 rings (SSSR count). The molecule has 0 aromatic heterocycles. The summed E-state index contributed by atoms with van der Waals surface area (Å²) in [5.41, 5.74) is 3.56. The maximum atomic E-state index is 12.1. The molecule has 2 heterocycles. The molecule has 0 saturated heterocycles. The van der Waals surface area contributed by atoms with Crippen LogP contribution < -0.4 is 21.3 Å². The molecule has 0 aliphatic carbocycles. The van der Waals surface area contributed by atoms with Gasteiger partial charge in [0, 0.05) is 40.7 Å². The molecule has 0 spiro atoms. The van der Waals surface area contributed by atoms with Crippen LogP contribution in [0.5, 0.6) is 0 Å². The van der Waals surface area contributed by atoms with E-state index in [0.29, 0.717) is 16.6 Å². The van der Waals surface area contributed by atoms with Gasteiger partial charge in [-0.2, -0.15) is 0 Å². The molecule has 0 fully saturated rings. The minimum atomic E-state index is -0.0596.